The maximum atomic E-state index is 12.3. The number of hydrogen-bond donors (Lipinski definition) is 1. The highest BCUT2D eigenvalue weighted by Gasteiger charge is 2.39. The zero-order valence-electron chi connectivity index (χ0n) is 11.3. The molecule has 1 unspecified atom stereocenters. The van der Waals surface area contributed by atoms with Gasteiger partial charge in [-0.25, -0.2) is 4.79 Å². The van der Waals surface area contributed by atoms with Crippen LogP contribution >= 0.6 is 0 Å². The number of esters is 1. The van der Waals surface area contributed by atoms with Gasteiger partial charge in [0.25, 0.3) is 0 Å². The molecule has 0 fully saturated rings. The van der Waals surface area contributed by atoms with Gasteiger partial charge in [0.1, 0.15) is 0 Å². The number of hydrogen-bond acceptors (Lipinski definition) is 4. The molecule has 1 aromatic rings. The maximum Gasteiger partial charge on any atom is 0.337 e. The SMILES string of the molecule is C/C=C(\C(=O)OCC)C(C)(O)C(=O)c1ccccc1. The number of carbonyl (C=O) groups excluding carboxylic acids is 2. The molecule has 0 spiro atoms. The average molecular weight is 262 g/mol. The molecule has 1 rings (SSSR count). The van der Waals surface area contributed by atoms with E-state index in [9.17, 15) is 14.7 Å². The van der Waals surface area contributed by atoms with E-state index in [2.05, 4.69) is 0 Å². The van der Waals surface area contributed by atoms with E-state index in [0.29, 0.717) is 5.56 Å². The molecule has 0 aliphatic rings. The average Bonchev–Trinajstić information content (AvgIpc) is 2.39. The lowest BCUT2D eigenvalue weighted by Gasteiger charge is -2.23. The fraction of sp³-hybridized carbons (Fsp3) is 0.333. The second kappa shape index (κ2) is 6.29. The van der Waals surface area contributed by atoms with Gasteiger partial charge in [-0.1, -0.05) is 36.4 Å². The molecule has 1 aromatic carbocycles. The third-order valence-electron chi connectivity index (χ3n) is 2.79. The van der Waals surface area contributed by atoms with Crippen LogP contribution in [0.15, 0.2) is 42.0 Å². The van der Waals surface area contributed by atoms with Gasteiger partial charge in [-0.15, -0.1) is 0 Å². The molecule has 0 aliphatic heterocycles. The monoisotopic (exact) mass is 262 g/mol. The number of rotatable bonds is 5. The summed E-state index contributed by atoms with van der Waals surface area (Å²) in [5, 5.41) is 10.4. The first-order valence-corrected chi connectivity index (χ1v) is 6.11. The summed E-state index contributed by atoms with van der Waals surface area (Å²) >= 11 is 0. The van der Waals surface area contributed by atoms with E-state index in [1.165, 1.54) is 13.0 Å². The molecule has 0 aliphatic carbocycles. The Balaban J connectivity index is 3.09. The first-order chi connectivity index (χ1) is 8.95. The summed E-state index contributed by atoms with van der Waals surface area (Å²) in [6.07, 6.45) is 1.40. The zero-order chi connectivity index (χ0) is 14.5. The van der Waals surface area contributed by atoms with Gasteiger partial charge in [-0.05, 0) is 20.8 Å². The van der Waals surface area contributed by atoms with Crippen molar-refractivity contribution in [3.63, 3.8) is 0 Å². The highest BCUT2D eigenvalue weighted by atomic mass is 16.5. The van der Waals surface area contributed by atoms with Crippen LogP contribution < -0.4 is 0 Å². The van der Waals surface area contributed by atoms with Crippen molar-refractivity contribution in [1.29, 1.82) is 0 Å². The van der Waals surface area contributed by atoms with Gasteiger partial charge in [0, 0.05) is 5.56 Å². The van der Waals surface area contributed by atoms with Crippen molar-refractivity contribution in [2.75, 3.05) is 6.61 Å². The quantitative estimate of drug-likeness (QED) is 0.501. The van der Waals surface area contributed by atoms with Gasteiger partial charge in [0.15, 0.2) is 11.4 Å². The van der Waals surface area contributed by atoms with Crippen LogP contribution in [0, 0.1) is 0 Å². The Morgan fingerprint density at radius 2 is 1.89 bits per heavy atom. The summed E-state index contributed by atoms with van der Waals surface area (Å²) < 4.78 is 4.85. The molecule has 0 aromatic heterocycles. The van der Waals surface area contributed by atoms with Gasteiger partial charge in [0.2, 0.25) is 0 Å². The van der Waals surface area contributed by atoms with E-state index in [1.807, 2.05) is 0 Å². The van der Waals surface area contributed by atoms with Gasteiger partial charge >= 0.3 is 5.97 Å². The molecule has 102 valence electrons. The minimum absolute atomic E-state index is 0.0526. The molecule has 0 saturated carbocycles. The molecule has 19 heavy (non-hydrogen) atoms. The standard InChI is InChI=1S/C15H18O4/c1-4-12(14(17)19-5-2)15(3,18)13(16)11-9-7-6-8-10-11/h4,6-10,18H,5H2,1-3H3/b12-4+. The van der Waals surface area contributed by atoms with Gasteiger partial charge in [-0.3, -0.25) is 4.79 Å². The number of aliphatic hydroxyl groups is 1. The highest BCUT2D eigenvalue weighted by Crippen LogP contribution is 2.23. The van der Waals surface area contributed by atoms with E-state index in [-0.39, 0.29) is 12.2 Å². The lowest BCUT2D eigenvalue weighted by Crippen LogP contribution is -2.40. The lowest BCUT2D eigenvalue weighted by atomic mass is 9.87. The number of ketones is 1. The Kier molecular flexibility index (Phi) is 5.01. The van der Waals surface area contributed by atoms with E-state index in [4.69, 9.17) is 4.74 Å². The molecule has 0 bridgehead atoms. The molecule has 4 heteroatoms. The van der Waals surface area contributed by atoms with E-state index in [1.54, 1.807) is 44.2 Å². The van der Waals surface area contributed by atoms with Crippen LogP contribution in [0.4, 0.5) is 0 Å². The van der Waals surface area contributed by atoms with E-state index >= 15 is 0 Å². The largest absolute Gasteiger partial charge is 0.463 e. The molecule has 0 saturated heterocycles. The topological polar surface area (TPSA) is 63.6 Å². The predicted octanol–water partition coefficient (Wildman–Crippen LogP) is 2.13. The third kappa shape index (κ3) is 3.29. The maximum absolute atomic E-state index is 12.3. The summed E-state index contributed by atoms with van der Waals surface area (Å²) in [7, 11) is 0. The number of ether oxygens (including phenoxy) is 1. The highest BCUT2D eigenvalue weighted by molar-refractivity contribution is 6.10. The van der Waals surface area contributed by atoms with Crippen molar-refractivity contribution in [3.8, 4) is 0 Å². The third-order valence-corrected chi connectivity index (χ3v) is 2.79. The van der Waals surface area contributed by atoms with E-state index in [0.717, 1.165) is 0 Å². The Morgan fingerprint density at radius 3 is 2.37 bits per heavy atom. The first kappa shape index (κ1) is 15.1. The van der Waals surface area contributed by atoms with Crippen molar-refractivity contribution in [1.82, 2.24) is 0 Å². The fourth-order valence-corrected chi connectivity index (χ4v) is 1.80. The van der Waals surface area contributed by atoms with Crippen LogP contribution in [0.2, 0.25) is 0 Å². The minimum Gasteiger partial charge on any atom is -0.463 e. The number of benzene rings is 1. The predicted molar refractivity (Wildman–Crippen MR) is 71.8 cm³/mol. The van der Waals surface area contributed by atoms with Gasteiger partial charge in [0.05, 0.1) is 12.2 Å². The summed E-state index contributed by atoms with van der Waals surface area (Å²) in [6, 6.07) is 8.35. The number of Topliss-reactive ketones (excluding diaryl/α,β-unsaturated/α-hetero) is 1. The summed E-state index contributed by atoms with van der Waals surface area (Å²) in [5.74, 6) is -1.21. The van der Waals surface area contributed by atoms with Crippen LogP contribution in [0.1, 0.15) is 31.1 Å². The Hall–Kier alpha value is -1.94. The summed E-state index contributed by atoms with van der Waals surface area (Å²) in [4.78, 5) is 24.0. The van der Waals surface area contributed by atoms with Gasteiger partial charge < -0.3 is 9.84 Å². The van der Waals surface area contributed by atoms with Gasteiger partial charge in [-0.2, -0.15) is 0 Å². The van der Waals surface area contributed by atoms with Crippen molar-refractivity contribution < 1.29 is 19.4 Å². The number of carbonyl (C=O) groups is 2. The fourth-order valence-electron chi connectivity index (χ4n) is 1.80. The van der Waals surface area contributed by atoms with Crippen LogP contribution in [0.3, 0.4) is 0 Å². The second-order valence-corrected chi connectivity index (χ2v) is 4.19. The summed E-state index contributed by atoms with van der Waals surface area (Å²) in [6.45, 7) is 4.73. The minimum atomic E-state index is -1.90. The normalized spacial score (nSPS) is 14.6. The van der Waals surface area contributed by atoms with Crippen LogP contribution in [-0.2, 0) is 9.53 Å². The Morgan fingerprint density at radius 1 is 1.32 bits per heavy atom. The molecule has 4 nitrogen and oxygen atoms in total. The van der Waals surface area contributed by atoms with Crippen LogP contribution in [0.25, 0.3) is 0 Å². The van der Waals surface area contributed by atoms with Crippen molar-refractivity contribution in [3.05, 3.63) is 47.5 Å². The molecule has 1 atom stereocenters. The number of allylic oxidation sites excluding steroid dienone is 1. The molecular weight excluding hydrogens is 244 g/mol. The Bertz CT molecular complexity index is 486. The van der Waals surface area contributed by atoms with E-state index < -0.39 is 17.4 Å². The molecule has 0 heterocycles. The summed E-state index contributed by atoms with van der Waals surface area (Å²) in [5.41, 5.74) is -1.61. The Labute approximate surface area is 112 Å². The zero-order valence-corrected chi connectivity index (χ0v) is 11.3. The molecular formula is C15H18O4. The van der Waals surface area contributed by atoms with Crippen molar-refractivity contribution >= 4 is 11.8 Å². The van der Waals surface area contributed by atoms with Crippen molar-refractivity contribution in [2.45, 2.75) is 26.4 Å². The van der Waals surface area contributed by atoms with Crippen LogP contribution in [-0.4, -0.2) is 29.1 Å². The lowest BCUT2D eigenvalue weighted by molar-refractivity contribution is -0.140. The first-order valence-electron chi connectivity index (χ1n) is 6.11. The smallest absolute Gasteiger partial charge is 0.337 e. The van der Waals surface area contributed by atoms with Crippen LogP contribution in [0.5, 0.6) is 0 Å². The second-order valence-electron chi connectivity index (χ2n) is 4.19. The van der Waals surface area contributed by atoms with Crippen molar-refractivity contribution in [2.24, 2.45) is 0 Å². The molecule has 0 amide bonds. The molecule has 1 N–H and O–H groups in total. The molecule has 0 radical (unpaired) electrons.